The lowest BCUT2D eigenvalue weighted by molar-refractivity contribution is -0.140. The number of thioether (sulfide) groups is 1. The second-order valence-electron chi connectivity index (χ2n) is 9.84. The first-order chi connectivity index (χ1) is 19.5. The van der Waals surface area contributed by atoms with Gasteiger partial charge in [-0.2, -0.15) is 5.11 Å². The zero-order valence-electron chi connectivity index (χ0n) is 21.8. The zero-order chi connectivity index (χ0) is 28.1. The van der Waals surface area contributed by atoms with Gasteiger partial charge < -0.3 is 16.0 Å². The number of fused-ring (bicyclic) bond motifs is 2. The largest absolute Gasteiger partial charge is 0.390 e. The molecule has 2 saturated heterocycles. The third-order valence-electron chi connectivity index (χ3n) is 7.27. The zero-order valence-corrected chi connectivity index (χ0v) is 23.4. The highest BCUT2D eigenvalue weighted by molar-refractivity contribution is 8.00. The Kier molecular flexibility index (Phi) is 8.85. The molecule has 4 N–H and O–H groups in total. The topological polar surface area (TPSA) is 154 Å². The van der Waals surface area contributed by atoms with Crippen LogP contribution >= 0.6 is 23.1 Å². The minimum atomic E-state index is -0.857. The van der Waals surface area contributed by atoms with Gasteiger partial charge in [0.15, 0.2) is 11.0 Å². The van der Waals surface area contributed by atoms with Crippen LogP contribution in [0.15, 0.2) is 64.7 Å². The second kappa shape index (κ2) is 12.7. The van der Waals surface area contributed by atoms with Crippen molar-refractivity contribution in [1.82, 2.24) is 15.2 Å². The molecule has 5 unspecified atom stereocenters. The number of para-hydroxylation sites is 1. The van der Waals surface area contributed by atoms with Crippen molar-refractivity contribution in [3.63, 3.8) is 0 Å². The van der Waals surface area contributed by atoms with Crippen LogP contribution < -0.4 is 11.1 Å². The monoisotopic (exact) mass is 577 g/mol. The smallest absolute Gasteiger partial charge is 0.252 e. The van der Waals surface area contributed by atoms with Crippen molar-refractivity contribution in [2.24, 2.45) is 15.8 Å². The highest BCUT2D eigenvalue weighted by atomic mass is 32.2. The molecular formula is C28H31N7O3S2. The van der Waals surface area contributed by atoms with Crippen LogP contribution in [0.25, 0.3) is 10.2 Å². The molecular weight excluding hydrogens is 546 g/mol. The quantitative estimate of drug-likeness (QED) is 0.104. The first kappa shape index (κ1) is 27.9. The average molecular weight is 578 g/mol. The maximum Gasteiger partial charge on any atom is 0.252 e. The molecule has 12 heteroatoms. The number of nitrogens with one attached hydrogen (secondary N) is 2. The number of hydrogen-bond donors (Lipinski definition) is 3. The van der Waals surface area contributed by atoms with Crippen molar-refractivity contribution in [2.45, 2.75) is 60.9 Å². The normalized spacial score (nSPS) is 23.3. The maximum atomic E-state index is 13.6. The van der Waals surface area contributed by atoms with Crippen molar-refractivity contribution in [3.8, 4) is 0 Å². The number of nitrogens with two attached hydrogens (primary N) is 1. The van der Waals surface area contributed by atoms with Gasteiger partial charge in [-0.25, -0.2) is 10.5 Å². The summed E-state index contributed by atoms with van der Waals surface area (Å²) in [6.45, 7) is 0.429. The number of ketones is 1. The molecule has 2 aromatic carbocycles. The van der Waals surface area contributed by atoms with Gasteiger partial charge in [-0.15, -0.1) is 23.1 Å². The van der Waals surface area contributed by atoms with E-state index in [4.69, 9.17) is 11.3 Å². The molecule has 0 spiro atoms. The third-order valence-corrected chi connectivity index (χ3v) is 9.87. The molecule has 2 fully saturated rings. The summed E-state index contributed by atoms with van der Waals surface area (Å²) in [6, 6.07) is 15.0. The van der Waals surface area contributed by atoms with Gasteiger partial charge >= 0.3 is 0 Å². The summed E-state index contributed by atoms with van der Waals surface area (Å²) in [5.74, 6) is -0.936. The molecule has 3 heterocycles. The second-order valence-corrected chi connectivity index (χ2v) is 12.3. The lowest BCUT2D eigenvalue weighted by Crippen LogP contribution is -2.58. The Bertz CT molecular complexity index is 1380. The Morgan fingerprint density at radius 1 is 1.18 bits per heavy atom. The Morgan fingerprint density at radius 2 is 1.95 bits per heavy atom. The van der Waals surface area contributed by atoms with Crippen molar-refractivity contribution in [3.05, 3.63) is 65.2 Å². The third kappa shape index (κ3) is 5.92. The van der Waals surface area contributed by atoms with Gasteiger partial charge in [-0.3, -0.25) is 19.4 Å². The first-order valence-corrected chi connectivity index (χ1v) is 15.0. The van der Waals surface area contributed by atoms with Crippen LogP contribution in [0.4, 0.5) is 0 Å². The number of amides is 2. The van der Waals surface area contributed by atoms with Gasteiger partial charge in [-0.05, 0) is 49.8 Å². The van der Waals surface area contributed by atoms with Crippen LogP contribution in [0.1, 0.15) is 41.0 Å². The van der Waals surface area contributed by atoms with E-state index in [-0.39, 0.29) is 28.2 Å². The molecule has 5 atom stereocenters. The van der Waals surface area contributed by atoms with E-state index >= 15 is 0 Å². The summed E-state index contributed by atoms with van der Waals surface area (Å²) in [5.41, 5.74) is 14.9. The predicted octanol–water partition coefficient (Wildman–Crippen LogP) is 3.81. The molecule has 1 aromatic heterocycles. The molecule has 10 nitrogen and oxygen atoms in total. The molecule has 2 aliphatic heterocycles. The van der Waals surface area contributed by atoms with Gasteiger partial charge in [0, 0.05) is 11.8 Å². The van der Waals surface area contributed by atoms with E-state index in [0.717, 1.165) is 15.8 Å². The highest BCUT2D eigenvalue weighted by Gasteiger charge is 2.50. The van der Waals surface area contributed by atoms with Gasteiger partial charge in [0.2, 0.25) is 11.7 Å². The molecule has 2 amide bonds. The number of Topliss-reactive ketones (excluding diaryl/α,β-unsaturated/α-hetero) is 1. The molecule has 40 heavy (non-hydrogen) atoms. The number of benzene rings is 2. The fourth-order valence-electron chi connectivity index (χ4n) is 5.32. The standard InChI is InChI=1S/C28H31N7O3S2/c29-16-31-14-6-10-19(25(36)27-33-18-9-4-5-11-21(18)40-27)32-26(37)20-12-13-23-35(20)28(38)24(34-30)22(39-23)15-17-7-2-1-3-8-17/h1-5,7-9,11,16,19-20,22-24,30H,6,10,12-15H2,(H2,29,31)(H,32,37). The molecule has 0 saturated carbocycles. The SMILES string of the molecule is N=NC1C(=O)N2C(CCC2C(=O)NC(CCCN=CN)C(=O)c2nc3ccccc3s2)SC1Cc1ccccc1. The summed E-state index contributed by atoms with van der Waals surface area (Å²) < 4.78 is 0.897. The van der Waals surface area contributed by atoms with E-state index in [1.165, 1.54) is 17.7 Å². The average Bonchev–Trinajstić information content (AvgIpc) is 3.60. The van der Waals surface area contributed by atoms with Gasteiger partial charge in [0.1, 0.15) is 6.04 Å². The lowest BCUT2D eigenvalue weighted by Gasteiger charge is -2.40. The van der Waals surface area contributed by atoms with E-state index in [1.54, 1.807) is 16.7 Å². The summed E-state index contributed by atoms with van der Waals surface area (Å²) in [5, 5.41) is 6.60. The van der Waals surface area contributed by atoms with Crippen LogP contribution in [0, 0.1) is 5.53 Å². The van der Waals surface area contributed by atoms with E-state index in [9.17, 15) is 14.4 Å². The molecule has 0 aliphatic carbocycles. The molecule has 0 bridgehead atoms. The Labute approximate surface area is 240 Å². The minimum absolute atomic E-state index is 0.174. The van der Waals surface area contributed by atoms with Crippen LogP contribution in [-0.2, 0) is 16.0 Å². The number of carbonyl (C=O) groups excluding carboxylic acids is 3. The van der Waals surface area contributed by atoms with Gasteiger partial charge in [0.05, 0.1) is 28.0 Å². The van der Waals surface area contributed by atoms with Crippen LogP contribution in [0.3, 0.4) is 0 Å². The summed E-state index contributed by atoms with van der Waals surface area (Å²) in [7, 11) is 0. The fraction of sp³-hybridized carbons (Fsp3) is 0.393. The lowest BCUT2D eigenvalue weighted by atomic mass is 10.0. The molecule has 2 aliphatic rings. The van der Waals surface area contributed by atoms with Gasteiger partial charge in [0.25, 0.3) is 5.91 Å². The van der Waals surface area contributed by atoms with E-state index in [1.807, 2.05) is 54.6 Å². The number of hydrogen-bond acceptors (Lipinski definition) is 9. The van der Waals surface area contributed by atoms with Crippen LogP contribution in [-0.4, -0.2) is 69.1 Å². The van der Waals surface area contributed by atoms with Crippen molar-refractivity contribution >= 4 is 57.3 Å². The number of nitrogens with zero attached hydrogens (tertiary/aromatic N) is 4. The summed E-state index contributed by atoms with van der Waals surface area (Å²) >= 11 is 2.90. The van der Waals surface area contributed by atoms with E-state index in [0.29, 0.717) is 43.7 Å². The van der Waals surface area contributed by atoms with Gasteiger partial charge in [-0.1, -0.05) is 42.5 Å². The predicted molar refractivity (Wildman–Crippen MR) is 157 cm³/mol. The first-order valence-electron chi connectivity index (χ1n) is 13.3. The van der Waals surface area contributed by atoms with Crippen LogP contribution in [0.2, 0.25) is 0 Å². The number of aromatic nitrogens is 1. The maximum absolute atomic E-state index is 13.6. The minimum Gasteiger partial charge on any atom is -0.390 e. The highest BCUT2D eigenvalue weighted by Crippen LogP contribution is 2.42. The van der Waals surface area contributed by atoms with E-state index in [2.05, 4.69) is 20.4 Å². The summed E-state index contributed by atoms with van der Waals surface area (Å²) in [4.78, 5) is 50.8. The summed E-state index contributed by atoms with van der Waals surface area (Å²) in [6.07, 6.45) is 3.89. The Balaban J connectivity index is 1.31. The molecule has 3 aromatic rings. The Morgan fingerprint density at radius 3 is 2.70 bits per heavy atom. The van der Waals surface area contributed by atoms with E-state index < -0.39 is 18.1 Å². The Hall–Kier alpha value is -3.64. The number of carbonyl (C=O) groups is 3. The van der Waals surface area contributed by atoms with Crippen molar-refractivity contribution < 1.29 is 14.4 Å². The number of aliphatic imine (C=N–C) groups is 1. The molecule has 208 valence electrons. The van der Waals surface area contributed by atoms with Crippen LogP contribution in [0.5, 0.6) is 0 Å². The van der Waals surface area contributed by atoms with Crippen molar-refractivity contribution in [1.29, 1.82) is 5.53 Å². The number of thiazole rings is 1. The number of rotatable bonds is 11. The molecule has 5 rings (SSSR count). The van der Waals surface area contributed by atoms with Crippen molar-refractivity contribution in [2.75, 3.05) is 6.54 Å². The fourth-order valence-corrected chi connectivity index (χ4v) is 7.96. The molecule has 0 radical (unpaired) electrons.